The molecule has 1 aliphatic rings. The van der Waals surface area contributed by atoms with Crippen LogP contribution in [-0.4, -0.2) is 19.2 Å². The van der Waals surface area contributed by atoms with Gasteiger partial charge in [-0.25, -0.2) is 0 Å². The third kappa shape index (κ3) is 4.04. The molecule has 0 spiro atoms. The molecule has 1 saturated heterocycles. The first-order chi connectivity index (χ1) is 8.38. The van der Waals surface area contributed by atoms with Crippen molar-refractivity contribution in [2.45, 2.75) is 45.1 Å². The summed E-state index contributed by atoms with van der Waals surface area (Å²) in [5.41, 5.74) is 1.42. The average Bonchev–Trinajstić information content (AvgIpc) is 2.40. The molecule has 0 amide bonds. The highest BCUT2D eigenvalue weighted by Gasteiger charge is 2.11. The van der Waals surface area contributed by atoms with Gasteiger partial charge in [-0.3, -0.25) is 0 Å². The Bertz CT molecular complexity index is 314. The van der Waals surface area contributed by atoms with Gasteiger partial charge in [0.15, 0.2) is 0 Å². The normalized spacial score (nSPS) is 20.2. The first-order valence-electron chi connectivity index (χ1n) is 6.83. The summed E-state index contributed by atoms with van der Waals surface area (Å²) in [6.45, 7) is 3.96. The summed E-state index contributed by atoms with van der Waals surface area (Å²) in [7, 11) is 0. The zero-order chi connectivity index (χ0) is 11.9. The first-order valence-corrected chi connectivity index (χ1v) is 6.83. The molecule has 2 nitrogen and oxygen atoms in total. The second-order valence-electron chi connectivity index (χ2n) is 4.76. The standard InChI is InChI=1S/C15H23NO/c1-2-17-15-10-7-13(8-11-15)6-9-14-5-3-4-12-16-14/h7-8,10-11,14,16H,2-6,9,12H2,1H3. The lowest BCUT2D eigenvalue weighted by atomic mass is 9.98. The third-order valence-corrected chi connectivity index (χ3v) is 3.43. The minimum absolute atomic E-state index is 0.732. The Balaban J connectivity index is 1.77. The van der Waals surface area contributed by atoms with Gasteiger partial charge in [-0.2, -0.15) is 0 Å². The smallest absolute Gasteiger partial charge is 0.119 e. The van der Waals surface area contributed by atoms with Crippen molar-refractivity contribution in [3.8, 4) is 5.75 Å². The number of aryl methyl sites for hydroxylation is 1. The van der Waals surface area contributed by atoms with E-state index in [1.54, 1.807) is 0 Å². The van der Waals surface area contributed by atoms with Gasteiger partial charge in [0.25, 0.3) is 0 Å². The SMILES string of the molecule is CCOc1ccc(CCC2CCCCN2)cc1. The van der Waals surface area contributed by atoms with Gasteiger partial charge in [-0.05, 0) is 56.8 Å². The van der Waals surface area contributed by atoms with Crippen molar-refractivity contribution in [3.63, 3.8) is 0 Å². The number of hydrogen-bond donors (Lipinski definition) is 1. The molecule has 1 fully saturated rings. The number of hydrogen-bond acceptors (Lipinski definition) is 2. The number of benzene rings is 1. The maximum Gasteiger partial charge on any atom is 0.119 e. The Morgan fingerprint density at radius 1 is 1.24 bits per heavy atom. The zero-order valence-corrected chi connectivity index (χ0v) is 10.7. The van der Waals surface area contributed by atoms with Gasteiger partial charge in [0.2, 0.25) is 0 Å². The summed E-state index contributed by atoms with van der Waals surface area (Å²) in [6, 6.07) is 9.26. The second-order valence-corrected chi connectivity index (χ2v) is 4.76. The Morgan fingerprint density at radius 3 is 2.71 bits per heavy atom. The van der Waals surface area contributed by atoms with Crippen molar-refractivity contribution in [1.82, 2.24) is 5.32 Å². The Hall–Kier alpha value is -1.02. The molecule has 1 heterocycles. The van der Waals surface area contributed by atoms with Gasteiger partial charge in [0, 0.05) is 6.04 Å². The van der Waals surface area contributed by atoms with Crippen molar-refractivity contribution in [2.75, 3.05) is 13.2 Å². The summed E-state index contributed by atoms with van der Waals surface area (Å²) >= 11 is 0. The lowest BCUT2D eigenvalue weighted by Gasteiger charge is -2.23. The van der Waals surface area contributed by atoms with E-state index in [4.69, 9.17) is 4.74 Å². The molecule has 17 heavy (non-hydrogen) atoms. The molecule has 1 aromatic carbocycles. The Morgan fingerprint density at radius 2 is 2.06 bits per heavy atom. The minimum Gasteiger partial charge on any atom is -0.494 e. The molecule has 2 rings (SSSR count). The maximum atomic E-state index is 5.44. The van der Waals surface area contributed by atoms with Crippen molar-refractivity contribution in [1.29, 1.82) is 0 Å². The molecule has 1 aromatic rings. The fourth-order valence-corrected chi connectivity index (χ4v) is 2.43. The Kier molecular flexibility index (Phi) is 4.87. The quantitative estimate of drug-likeness (QED) is 0.843. The van der Waals surface area contributed by atoms with E-state index in [9.17, 15) is 0 Å². The van der Waals surface area contributed by atoms with E-state index in [1.807, 2.05) is 6.92 Å². The highest BCUT2D eigenvalue weighted by atomic mass is 16.5. The van der Waals surface area contributed by atoms with Crippen LogP contribution in [0.15, 0.2) is 24.3 Å². The predicted molar refractivity (Wildman–Crippen MR) is 71.6 cm³/mol. The third-order valence-electron chi connectivity index (χ3n) is 3.43. The fraction of sp³-hybridized carbons (Fsp3) is 0.600. The van der Waals surface area contributed by atoms with Gasteiger partial charge in [-0.1, -0.05) is 18.6 Å². The summed E-state index contributed by atoms with van der Waals surface area (Å²) in [4.78, 5) is 0. The van der Waals surface area contributed by atoms with Crippen LogP contribution in [0.5, 0.6) is 5.75 Å². The highest BCUT2D eigenvalue weighted by molar-refractivity contribution is 5.27. The lowest BCUT2D eigenvalue weighted by Crippen LogP contribution is -2.34. The largest absolute Gasteiger partial charge is 0.494 e. The molecule has 1 unspecified atom stereocenters. The number of nitrogens with one attached hydrogen (secondary N) is 1. The van der Waals surface area contributed by atoms with Crippen LogP contribution in [0, 0.1) is 0 Å². The van der Waals surface area contributed by atoms with E-state index in [1.165, 1.54) is 44.2 Å². The van der Waals surface area contributed by atoms with Crippen molar-refractivity contribution >= 4 is 0 Å². The molecule has 1 atom stereocenters. The van der Waals surface area contributed by atoms with Crippen molar-refractivity contribution in [3.05, 3.63) is 29.8 Å². The fourth-order valence-electron chi connectivity index (χ4n) is 2.43. The van der Waals surface area contributed by atoms with E-state index in [-0.39, 0.29) is 0 Å². The van der Waals surface area contributed by atoms with Crippen LogP contribution >= 0.6 is 0 Å². The minimum atomic E-state index is 0.732. The molecule has 2 heteroatoms. The second kappa shape index (κ2) is 6.65. The molecular weight excluding hydrogens is 210 g/mol. The van der Waals surface area contributed by atoms with Crippen LogP contribution in [0.4, 0.5) is 0 Å². The molecule has 0 radical (unpaired) electrons. The number of rotatable bonds is 5. The lowest BCUT2D eigenvalue weighted by molar-refractivity contribution is 0.340. The topological polar surface area (TPSA) is 21.3 Å². The van der Waals surface area contributed by atoms with Crippen LogP contribution in [-0.2, 0) is 6.42 Å². The van der Waals surface area contributed by atoms with Gasteiger partial charge in [0.1, 0.15) is 5.75 Å². The van der Waals surface area contributed by atoms with Gasteiger partial charge in [0.05, 0.1) is 6.61 Å². The summed E-state index contributed by atoms with van der Waals surface area (Å²) in [5.74, 6) is 0.979. The number of piperidine rings is 1. The van der Waals surface area contributed by atoms with Crippen LogP contribution < -0.4 is 10.1 Å². The molecule has 94 valence electrons. The van der Waals surface area contributed by atoms with E-state index in [0.717, 1.165) is 18.4 Å². The summed E-state index contributed by atoms with van der Waals surface area (Å²) in [6.07, 6.45) is 6.51. The van der Waals surface area contributed by atoms with Gasteiger partial charge < -0.3 is 10.1 Å². The molecule has 0 bridgehead atoms. The molecule has 0 aliphatic carbocycles. The average molecular weight is 233 g/mol. The van der Waals surface area contributed by atoms with Crippen LogP contribution in [0.2, 0.25) is 0 Å². The molecule has 0 saturated carbocycles. The van der Waals surface area contributed by atoms with Crippen LogP contribution in [0.3, 0.4) is 0 Å². The van der Waals surface area contributed by atoms with E-state index in [0.29, 0.717) is 0 Å². The van der Waals surface area contributed by atoms with E-state index >= 15 is 0 Å². The summed E-state index contributed by atoms with van der Waals surface area (Å²) in [5, 5.41) is 3.60. The van der Waals surface area contributed by atoms with Crippen LogP contribution in [0.25, 0.3) is 0 Å². The van der Waals surface area contributed by atoms with Gasteiger partial charge >= 0.3 is 0 Å². The molecule has 1 N–H and O–H groups in total. The molecule has 0 aromatic heterocycles. The van der Waals surface area contributed by atoms with E-state index < -0.39 is 0 Å². The zero-order valence-electron chi connectivity index (χ0n) is 10.7. The highest BCUT2D eigenvalue weighted by Crippen LogP contribution is 2.16. The van der Waals surface area contributed by atoms with Crippen molar-refractivity contribution in [2.24, 2.45) is 0 Å². The molecular formula is C15H23NO. The van der Waals surface area contributed by atoms with E-state index in [2.05, 4.69) is 29.6 Å². The Labute approximate surface area is 104 Å². The van der Waals surface area contributed by atoms with Crippen LogP contribution in [0.1, 0.15) is 38.2 Å². The first kappa shape index (κ1) is 12.4. The van der Waals surface area contributed by atoms with Gasteiger partial charge in [-0.15, -0.1) is 0 Å². The maximum absolute atomic E-state index is 5.44. The monoisotopic (exact) mass is 233 g/mol. The molecule has 1 aliphatic heterocycles. The predicted octanol–water partition coefficient (Wildman–Crippen LogP) is 3.16. The number of ether oxygens (including phenoxy) is 1. The van der Waals surface area contributed by atoms with Crippen molar-refractivity contribution < 1.29 is 4.74 Å². The summed E-state index contributed by atoms with van der Waals surface area (Å²) < 4.78 is 5.44.